The summed E-state index contributed by atoms with van der Waals surface area (Å²) in [5, 5.41) is 13.7. The van der Waals surface area contributed by atoms with Crippen LogP contribution in [0.25, 0.3) is 0 Å². The van der Waals surface area contributed by atoms with Crippen molar-refractivity contribution in [2.24, 2.45) is 0 Å². The fraction of sp³-hybridized carbons (Fsp3) is 0.722. The van der Waals surface area contributed by atoms with E-state index in [4.69, 9.17) is 30.7 Å². The number of fused-ring (bicyclic) bond motifs is 1. The molecule has 2 aliphatic heterocycles. The van der Waals surface area contributed by atoms with E-state index < -0.39 is 43.8 Å². The molecule has 1 aromatic heterocycles. The van der Waals surface area contributed by atoms with E-state index in [1.807, 2.05) is 0 Å². The first-order chi connectivity index (χ1) is 14.6. The topological polar surface area (TPSA) is 141 Å². The van der Waals surface area contributed by atoms with Crippen molar-refractivity contribution in [3.05, 3.63) is 27.4 Å². The van der Waals surface area contributed by atoms with Crippen LogP contribution in [-0.2, 0) is 27.9 Å². The third kappa shape index (κ3) is 4.56. The first-order valence-electron chi connectivity index (χ1n) is 10.2. The zero-order chi connectivity index (χ0) is 22.4. The van der Waals surface area contributed by atoms with E-state index >= 15 is 0 Å². The summed E-state index contributed by atoms with van der Waals surface area (Å²) < 4.78 is 36.9. The van der Waals surface area contributed by atoms with Crippen molar-refractivity contribution < 1.29 is 33.0 Å². The van der Waals surface area contributed by atoms with Crippen molar-refractivity contribution in [1.29, 1.82) is 0 Å². The maximum Gasteiger partial charge on any atom is 0.406 e. The Kier molecular flexibility index (Phi) is 6.25. The van der Waals surface area contributed by atoms with E-state index in [9.17, 15) is 19.3 Å². The van der Waals surface area contributed by atoms with Gasteiger partial charge in [0.15, 0.2) is 11.0 Å². The molecule has 1 aromatic rings. The van der Waals surface area contributed by atoms with Crippen molar-refractivity contribution >= 4 is 25.9 Å². The number of aliphatic hydroxyl groups is 1. The number of nitrogens with one attached hydrogen (secondary N) is 2. The van der Waals surface area contributed by atoms with Gasteiger partial charge < -0.3 is 14.6 Å². The van der Waals surface area contributed by atoms with Gasteiger partial charge >= 0.3 is 13.7 Å². The van der Waals surface area contributed by atoms with E-state index in [1.165, 1.54) is 30.7 Å². The normalized spacial score (nSPS) is 36.8. The van der Waals surface area contributed by atoms with Crippen molar-refractivity contribution in [2.45, 2.75) is 75.7 Å². The Morgan fingerprint density at radius 1 is 1.48 bits per heavy atom. The van der Waals surface area contributed by atoms with Crippen LogP contribution in [0.4, 0.5) is 0 Å². The maximum atomic E-state index is 13.2. The standard InChI is InChI=1S/C18H26N3O8PS/c1-10(15(23)27-11-5-3-4-6-11)20-30(25)26-9-12-14(29-30)18(2,24)16(28-12)21-8-7-13(22)19-17(21)31/h7-8,10-12,14,16,24H,3-6,9H2,1-2H3,(H,20,25)(H,19,22,31). The molecule has 3 fully saturated rings. The summed E-state index contributed by atoms with van der Waals surface area (Å²) in [6.45, 7) is 2.84. The quantitative estimate of drug-likeness (QED) is 0.326. The minimum Gasteiger partial charge on any atom is -0.461 e. The molecule has 11 nitrogen and oxygen atoms in total. The van der Waals surface area contributed by atoms with Gasteiger partial charge in [0.2, 0.25) is 0 Å². The SMILES string of the molecule is CC(NP1(=O)OCC2OC(n3ccc(=O)[nH]c3=S)C(C)(O)C2O1)C(=O)OC1CCCC1. The van der Waals surface area contributed by atoms with Gasteiger partial charge in [0.05, 0.1) is 6.61 Å². The molecule has 6 atom stereocenters. The number of aromatic amines is 1. The van der Waals surface area contributed by atoms with E-state index in [2.05, 4.69) is 10.1 Å². The number of H-pyrrole nitrogens is 1. The highest BCUT2D eigenvalue weighted by molar-refractivity contribution is 7.71. The molecule has 1 saturated carbocycles. The molecule has 0 spiro atoms. The molecular formula is C18H26N3O8PS. The highest BCUT2D eigenvalue weighted by Gasteiger charge is 2.59. The second kappa shape index (κ2) is 8.51. The molecule has 4 rings (SSSR count). The Bertz CT molecular complexity index is 1000. The number of esters is 1. The molecule has 31 heavy (non-hydrogen) atoms. The number of carbonyl (C=O) groups is 1. The molecule has 0 bridgehead atoms. The smallest absolute Gasteiger partial charge is 0.406 e. The van der Waals surface area contributed by atoms with Gasteiger partial charge in [0.25, 0.3) is 5.56 Å². The van der Waals surface area contributed by atoms with Crippen LogP contribution in [0.2, 0.25) is 0 Å². The predicted molar refractivity (Wildman–Crippen MR) is 110 cm³/mol. The fourth-order valence-corrected chi connectivity index (χ4v) is 6.16. The minimum absolute atomic E-state index is 0.0573. The summed E-state index contributed by atoms with van der Waals surface area (Å²) >= 11 is 5.16. The first-order valence-corrected chi connectivity index (χ1v) is 12.1. The monoisotopic (exact) mass is 475 g/mol. The first kappa shape index (κ1) is 22.8. The van der Waals surface area contributed by atoms with Gasteiger partial charge in [-0.15, -0.1) is 0 Å². The van der Waals surface area contributed by atoms with Gasteiger partial charge in [0.1, 0.15) is 30.0 Å². The molecule has 1 aliphatic carbocycles. The number of aromatic nitrogens is 2. The summed E-state index contributed by atoms with van der Waals surface area (Å²) in [6.07, 6.45) is 2.18. The van der Waals surface area contributed by atoms with Crippen molar-refractivity contribution in [1.82, 2.24) is 14.6 Å². The lowest BCUT2D eigenvalue weighted by Gasteiger charge is -2.36. The van der Waals surface area contributed by atoms with Gasteiger partial charge in [-0.1, -0.05) is 0 Å². The van der Waals surface area contributed by atoms with E-state index in [0.717, 1.165) is 25.7 Å². The van der Waals surface area contributed by atoms with E-state index in [-0.39, 0.29) is 23.0 Å². The molecule has 0 aromatic carbocycles. The van der Waals surface area contributed by atoms with Crippen molar-refractivity contribution in [3.8, 4) is 0 Å². The summed E-state index contributed by atoms with van der Waals surface area (Å²) in [6, 6.07) is 0.317. The van der Waals surface area contributed by atoms with Gasteiger partial charge in [-0.3, -0.25) is 28.2 Å². The zero-order valence-electron chi connectivity index (χ0n) is 17.2. The number of ether oxygens (including phenoxy) is 2. The van der Waals surface area contributed by atoms with Crippen LogP contribution in [0, 0.1) is 4.77 Å². The van der Waals surface area contributed by atoms with Crippen LogP contribution in [0.5, 0.6) is 0 Å². The van der Waals surface area contributed by atoms with Gasteiger partial charge in [-0.2, -0.15) is 0 Å². The van der Waals surface area contributed by atoms with Crippen LogP contribution in [-0.4, -0.2) is 57.2 Å². The summed E-state index contributed by atoms with van der Waals surface area (Å²) in [4.78, 5) is 26.3. The largest absolute Gasteiger partial charge is 0.461 e. The third-order valence-electron chi connectivity index (χ3n) is 5.77. The molecular weight excluding hydrogens is 449 g/mol. The Morgan fingerprint density at radius 2 is 2.19 bits per heavy atom. The summed E-state index contributed by atoms with van der Waals surface area (Å²) in [5.41, 5.74) is -2.04. The number of hydrogen-bond donors (Lipinski definition) is 3. The molecule has 3 N–H and O–H groups in total. The lowest BCUT2D eigenvalue weighted by molar-refractivity contribution is -0.150. The number of carbonyl (C=O) groups excluding carboxylic acids is 1. The van der Waals surface area contributed by atoms with Crippen LogP contribution in [0.3, 0.4) is 0 Å². The molecule has 6 unspecified atom stereocenters. The number of rotatable bonds is 5. The van der Waals surface area contributed by atoms with E-state index in [1.54, 1.807) is 0 Å². The molecule has 2 saturated heterocycles. The second-order valence-electron chi connectivity index (χ2n) is 8.28. The Morgan fingerprint density at radius 3 is 2.87 bits per heavy atom. The maximum absolute atomic E-state index is 13.2. The van der Waals surface area contributed by atoms with Crippen molar-refractivity contribution in [2.75, 3.05) is 6.61 Å². The lowest BCUT2D eigenvalue weighted by Crippen LogP contribution is -2.49. The fourth-order valence-electron chi connectivity index (χ4n) is 4.13. The Hall–Kier alpha value is -1.40. The van der Waals surface area contributed by atoms with Gasteiger partial charge in [0, 0.05) is 12.3 Å². The average Bonchev–Trinajstić information content (AvgIpc) is 3.28. The molecule has 172 valence electrons. The third-order valence-corrected chi connectivity index (χ3v) is 7.78. The van der Waals surface area contributed by atoms with Crippen LogP contribution >= 0.6 is 20.0 Å². The average molecular weight is 475 g/mol. The van der Waals surface area contributed by atoms with Crippen LogP contribution in [0.1, 0.15) is 45.8 Å². The van der Waals surface area contributed by atoms with E-state index in [0.29, 0.717) is 0 Å². The highest BCUT2D eigenvalue weighted by atomic mass is 32.1. The van der Waals surface area contributed by atoms with Gasteiger partial charge in [-0.25, -0.2) is 9.65 Å². The summed E-state index contributed by atoms with van der Waals surface area (Å²) in [5.74, 6) is -0.539. The van der Waals surface area contributed by atoms with Crippen LogP contribution < -0.4 is 10.6 Å². The van der Waals surface area contributed by atoms with Gasteiger partial charge in [-0.05, 0) is 51.7 Å². The van der Waals surface area contributed by atoms with Crippen LogP contribution in [0.15, 0.2) is 17.1 Å². The molecule has 3 aliphatic rings. The number of hydrogen-bond acceptors (Lipinski definition) is 9. The van der Waals surface area contributed by atoms with Crippen molar-refractivity contribution in [3.63, 3.8) is 0 Å². The molecule has 0 radical (unpaired) electrons. The summed E-state index contributed by atoms with van der Waals surface area (Å²) in [7, 11) is -3.94. The lowest BCUT2D eigenvalue weighted by atomic mass is 9.96. The predicted octanol–water partition coefficient (Wildman–Crippen LogP) is 1.54. The minimum atomic E-state index is -3.94. The zero-order valence-corrected chi connectivity index (χ0v) is 18.9. The molecule has 13 heteroatoms. The Balaban J connectivity index is 1.46. The Labute approximate surface area is 183 Å². The number of nitrogens with zero attached hydrogens (tertiary/aromatic N) is 1. The highest BCUT2D eigenvalue weighted by Crippen LogP contribution is 2.55. The molecule has 0 amide bonds. The molecule has 3 heterocycles. The second-order valence-corrected chi connectivity index (χ2v) is 10.4.